The van der Waals surface area contributed by atoms with Crippen LogP contribution in [0.4, 0.5) is 11.6 Å². The van der Waals surface area contributed by atoms with E-state index in [0.717, 1.165) is 5.56 Å². The summed E-state index contributed by atoms with van der Waals surface area (Å²) in [5.74, 6) is 1.70. The minimum atomic E-state index is -0.168. The normalized spacial score (nSPS) is 10.5. The highest BCUT2D eigenvalue weighted by molar-refractivity contribution is 6.30. The van der Waals surface area contributed by atoms with Gasteiger partial charge in [0, 0.05) is 23.8 Å². The van der Waals surface area contributed by atoms with Crippen LogP contribution in [0.3, 0.4) is 0 Å². The Kier molecular flexibility index (Phi) is 5.30. The summed E-state index contributed by atoms with van der Waals surface area (Å²) in [5, 5.41) is 10.4. The van der Waals surface area contributed by atoms with Gasteiger partial charge in [-0.15, -0.1) is 0 Å². The lowest BCUT2D eigenvalue weighted by atomic mass is 10.1. The lowest BCUT2D eigenvalue weighted by Gasteiger charge is -2.06. The fraction of sp³-hybridized carbons (Fsp3) is 0.167. The molecule has 0 fully saturated rings. The van der Waals surface area contributed by atoms with Crippen molar-refractivity contribution < 1.29 is 9.32 Å². The molecule has 1 amide bonds. The molecule has 6 nitrogen and oxygen atoms in total. The van der Waals surface area contributed by atoms with Gasteiger partial charge in [0.1, 0.15) is 11.6 Å². The molecule has 0 unspecified atom stereocenters. The number of nitrogens with one attached hydrogen (secondary N) is 2. The lowest BCUT2D eigenvalue weighted by Crippen LogP contribution is -2.25. The van der Waals surface area contributed by atoms with Gasteiger partial charge in [-0.25, -0.2) is 4.98 Å². The number of aryl methyl sites for hydroxylation is 1. The zero-order valence-electron chi connectivity index (χ0n) is 13.6. The quantitative estimate of drug-likeness (QED) is 0.703. The maximum absolute atomic E-state index is 12.1. The van der Waals surface area contributed by atoms with E-state index in [9.17, 15) is 4.79 Å². The number of rotatable bonds is 6. The van der Waals surface area contributed by atoms with E-state index in [1.165, 1.54) is 6.20 Å². The number of anilines is 2. The zero-order valence-corrected chi connectivity index (χ0v) is 14.4. The third kappa shape index (κ3) is 4.81. The number of carbonyl (C=O) groups excluding carboxylic acids is 1. The fourth-order valence-corrected chi connectivity index (χ4v) is 2.49. The lowest BCUT2D eigenvalue weighted by molar-refractivity contribution is 0.0954. The highest BCUT2D eigenvalue weighted by Crippen LogP contribution is 2.14. The Morgan fingerprint density at radius 1 is 1.20 bits per heavy atom. The largest absolute Gasteiger partial charge is 0.360 e. The molecule has 25 heavy (non-hydrogen) atoms. The van der Waals surface area contributed by atoms with Gasteiger partial charge in [-0.3, -0.25) is 4.79 Å². The zero-order chi connectivity index (χ0) is 17.6. The van der Waals surface area contributed by atoms with Crippen LogP contribution in [0.1, 0.15) is 21.7 Å². The van der Waals surface area contributed by atoms with Crippen molar-refractivity contribution in [2.45, 2.75) is 13.3 Å². The summed E-state index contributed by atoms with van der Waals surface area (Å²) in [4.78, 5) is 16.4. The molecule has 0 aliphatic carbocycles. The van der Waals surface area contributed by atoms with Crippen molar-refractivity contribution in [1.82, 2.24) is 15.5 Å². The van der Waals surface area contributed by atoms with Crippen LogP contribution in [-0.2, 0) is 6.42 Å². The Hall–Kier alpha value is -2.86. The molecule has 7 heteroatoms. The van der Waals surface area contributed by atoms with Crippen molar-refractivity contribution >= 4 is 29.1 Å². The first-order valence-electron chi connectivity index (χ1n) is 7.79. The van der Waals surface area contributed by atoms with Gasteiger partial charge in [0.25, 0.3) is 5.91 Å². The Morgan fingerprint density at radius 3 is 2.76 bits per heavy atom. The molecule has 3 rings (SSSR count). The molecule has 0 saturated carbocycles. The molecule has 0 saturated heterocycles. The predicted octanol–water partition coefficient (Wildman–Crippen LogP) is 3.75. The smallest absolute Gasteiger partial charge is 0.252 e. The van der Waals surface area contributed by atoms with Crippen LogP contribution in [-0.4, -0.2) is 22.6 Å². The van der Waals surface area contributed by atoms with Crippen LogP contribution < -0.4 is 10.6 Å². The predicted molar refractivity (Wildman–Crippen MR) is 96.2 cm³/mol. The monoisotopic (exact) mass is 356 g/mol. The van der Waals surface area contributed by atoms with Crippen LogP contribution in [0.2, 0.25) is 5.02 Å². The Balaban J connectivity index is 1.52. The maximum atomic E-state index is 12.1. The number of pyridine rings is 1. The van der Waals surface area contributed by atoms with Crippen LogP contribution >= 0.6 is 11.6 Å². The molecular weight excluding hydrogens is 340 g/mol. The summed E-state index contributed by atoms with van der Waals surface area (Å²) < 4.78 is 4.97. The van der Waals surface area contributed by atoms with Crippen molar-refractivity contribution in [3.63, 3.8) is 0 Å². The molecule has 128 valence electrons. The highest BCUT2D eigenvalue weighted by atomic mass is 35.5. The molecule has 3 aromatic rings. The number of hydrogen-bond donors (Lipinski definition) is 2. The number of halogens is 1. The minimum Gasteiger partial charge on any atom is -0.360 e. The van der Waals surface area contributed by atoms with E-state index in [4.69, 9.17) is 16.1 Å². The average molecular weight is 357 g/mol. The molecule has 0 radical (unpaired) electrons. The van der Waals surface area contributed by atoms with E-state index in [-0.39, 0.29) is 5.91 Å². The summed E-state index contributed by atoms with van der Waals surface area (Å²) in [6.45, 7) is 2.33. The van der Waals surface area contributed by atoms with Crippen molar-refractivity contribution in [1.29, 1.82) is 0 Å². The second kappa shape index (κ2) is 7.81. The number of benzene rings is 1. The first-order valence-corrected chi connectivity index (χ1v) is 8.17. The Morgan fingerprint density at radius 2 is 2.08 bits per heavy atom. The molecule has 0 spiro atoms. The van der Waals surface area contributed by atoms with Gasteiger partial charge in [0.15, 0.2) is 5.82 Å². The van der Waals surface area contributed by atoms with Crippen LogP contribution in [0.15, 0.2) is 53.2 Å². The van der Waals surface area contributed by atoms with Gasteiger partial charge in [-0.1, -0.05) is 28.9 Å². The number of aromatic nitrogens is 2. The van der Waals surface area contributed by atoms with E-state index >= 15 is 0 Å². The van der Waals surface area contributed by atoms with Crippen LogP contribution in [0, 0.1) is 6.92 Å². The number of nitrogens with zero attached hydrogens (tertiary/aromatic N) is 2. The van der Waals surface area contributed by atoms with E-state index in [2.05, 4.69) is 20.8 Å². The Labute approximate surface area is 150 Å². The van der Waals surface area contributed by atoms with Gasteiger partial charge in [-0.05, 0) is 43.2 Å². The van der Waals surface area contributed by atoms with Crippen molar-refractivity contribution in [3.05, 3.63) is 70.6 Å². The molecule has 0 aliphatic rings. The molecule has 2 heterocycles. The van der Waals surface area contributed by atoms with E-state index in [0.29, 0.717) is 40.9 Å². The summed E-state index contributed by atoms with van der Waals surface area (Å²) in [6, 6.07) is 12.8. The van der Waals surface area contributed by atoms with Crippen molar-refractivity contribution in [2.75, 3.05) is 11.9 Å². The number of carbonyl (C=O) groups is 1. The number of hydrogen-bond acceptors (Lipinski definition) is 5. The molecule has 2 aromatic heterocycles. The average Bonchev–Trinajstić information content (AvgIpc) is 3.00. The molecule has 2 N–H and O–H groups in total. The summed E-state index contributed by atoms with van der Waals surface area (Å²) in [7, 11) is 0. The van der Waals surface area contributed by atoms with Crippen LogP contribution in [0.25, 0.3) is 0 Å². The van der Waals surface area contributed by atoms with Crippen LogP contribution in [0.5, 0.6) is 0 Å². The second-order valence-electron chi connectivity index (χ2n) is 5.52. The highest BCUT2D eigenvalue weighted by Gasteiger charge is 2.07. The van der Waals surface area contributed by atoms with E-state index in [1.54, 1.807) is 18.2 Å². The van der Waals surface area contributed by atoms with Crippen molar-refractivity contribution in [3.8, 4) is 0 Å². The van der Waals surface area contributed by atoms with E-state index in [1.807, 2.05) is 31.2 Å². The van der Waals surface area contributed by atoms with Crippen molar-refractivity contribution in [2.24, 2.45) is 0 Å². The van der Waals surface area contributed by atoms with Gasteiger partial charge in [0.2, 0.25) is 0 Å². The summed E-state index contributed by atoms with van der Waals surface area (Å²) in [6.07, 6.45) is 2.23. The molecule has 1 aromatic carbocycles. The standard InChI is InChI=1S/C18H17ClN4O2/c1-12-9-17(23-25-12)22-16-6-5-14(11-21-16)18(24)20-8-7-13-3-2-4-15(19)10-13/h2-6,9-11H,7-8H2,1H3,(H,20,24)(H,21,22,23). The SMILES string of the molecule is Cc1cc(Nc2ccc(C(=O)NCCc3cccc(Cl)c3)cn2)no1. The molecule has 0 bridgehead atoms. The maximum Gasteiger partial charge on any atom is 0.252 e. The first kappa shape index (κ1) is 17.0. The third-order valence-corrected chi connectivity index (χ3v) is 3.73. The third-order valence-electron chi connectivity index (χ3n) is 3.50. The minimum absolute atomic E-state index is 0.168. The summed E-state index contributed by atoms with van der Waals surface area (Å²) in [5.41, 5.74) is 1.57. The molecule has 0 aliphatic heterocycles. The summed E-state index contributed by atoms with van der Waals surface area (Å²) >= 11 is 5.94. The van der Waals surface area contributed by atoms with Gasteiger partial charge in [-0.2, -0.15) is 0 Å². The Bertz CT molecular complexity index is 862. The second-order valence-corrected chi connectivity index (χ2v) is 5.95. The van der Waals surface area contributed by atoms with Gasteiger partial charge in [0.05, 0.1) is 5.56 Å². The molecule has 0 atom stereocenters. The van der Waals surface area contributed by atoms with Gasteiger partial charge < -0.3 is 15.2 Å². The van der Waals surface area contributed by atoms with E-state index < -0.39 is 0 Å². The van der Waals surface area contributed by atoms with Gasteiger partial charge >= 0.3 is 0 Å². The fourth-order valence-electron chi connectivity index (χ4n) is 2.27. The topological polar surface area (TPSA) is 80.0 Å². The number of amides is 1. The molecular formula is C18H17ClN4O2. The first-order chi connectivity index (χ1) is 12.1.